The van der Waals surface area contributed by atoms with Crippen LogP contribution in [-0.4, -0.2) is 67.2 Å². The van der Waals surface area contributed by atoms with Gasteiger partial charge in [0.15, 0.2) is 0 Å². The highest BCUT2D eigenvalue weighted by Gasteiger charge is 2.43. The quantitative estimate of drug-likeness (QED) is 0.824. The second-order valence-electron chi connectivity index (χ2n) is 7.76. The van der Waals surface area contributed by atoms with Gasteiger partial charge >= 0.3 is 0 Å². The summed E-state index contributed by atoms with van der Waals surface area (Å²) in [5.74, 6) is -3.19. The summed E-state index contributed by atoms with van der Waals surface area (Å²) in [6.45, 7) is 1.44. The second kappa shape index (κ2) is 8.04. The monoisotopic (exact) mass is 414 g/mol. The molecule has 0 bridgehead atoms. The van der Waals surface area contributed by atoms with Crippen LogP contribution in [0.25, 0.3) is 0 Å². The van der Waals surface area contributed by atoms with Gasteiger partial charge in [0.1, 0.15) is 12.2 Å². The van der Waals surface area contributed by atoms with Gasteiger partial charge in [0, 0.05) is 31.8 Å². The van der Waals surface area contributed by atoms with E-state index in [1.165, 1.54) is 11.3 Å². The lowest BCUT2D eigenvalue weighted by atomic mass is 9.86. The Morgan fingerprint density at radius 2 is 1.79 bits per heavy atom. The molecule has 2 aliphatic heterocycles. The van der Waals surface area contributed by atoms with Crippen LogP contribution in [0.5, 0.6) is 0 Å². The molecule has 154 valence electrons. The van der Waals surface area contributed by atoms with Crippen LogP contribution in [0.2, 0.25) is 0 Å². The van der Waals surface area contributed by atoms with E-state index in [0.717, 1.165) is 0 Å². The van der Waals surface area contributed by atoms with Crippen molar-refractivity contribution in [2.75, 3.05) is 26.3 Å². The van der Waals surface area contributed by atoms with E-state index in [1.54, 1.807) is 11.0 Å². The van der Waals surface area contributed by atoms with Crippen LogP contribution in [0.1, 0.15) is 35.4 Å². The molecule has 2 saturated heterocycles. The summed E-state index contributed by atoms with van der Waals surface area (Å²) < 4.78 is 38.5. The SMILES string of the molecule is O=C(NC1CO[C@H]2CN(C(=O)C3CCC(F)(F)CC3)C[C@@H]2OC1)c1cccs1. The smallest absolute Gasteiger partial charge is 0.261 e. The molecule has 1 saturated carbocycles. The lowest BCUT2D eigenvalue weighted by molar-refractivity contribution is -0.139. The minimum atomic E-state index is -2.64. The first-order valence-electron chi connectivity index (χ1n) is 9.65. The van der Waals surface area contributed by atoms with Gasteiger partial charge < -0.3 is 19.7 Å². The standard InChI is InChI=1S/C19H24F2N2O4S/c20-19(21)5-3-12(4-6-19)18(25)23-8-14-15(9-23)27-11-13(10-26-14)22-17(24)16-2-1-7-28-16/h1-2,7,12-15H,3-6,8-11H2,(H,22,24)/t14-,15-/m0/s1. The number of hydrogen-bond donors (Lipinski definition) is 1. The number of hydrogen-bond acceptors (Lipinski definition) is 5. The first kappa shape index (κ1) is 19.7. The Morgan fingerprint density at radius 3 is 2.36 bits per heavy atom. The van der Waals surface area contributed by atoms with Crippen LogP contribution in [-0.2, 0) is 14.3 Å². The topological polar surface area (TPSA) is 67.9 Å². The number of nitrogens with zero attached hydrogens (tertiary/aromatic N) is 1. The molecule has 6 nitrogen and oxygen atoms in total. The third-order valence-electron chi connectivity index (χ3n) is 5.70. The molecule has 1 N–H and O–H groups in total. The first-order valence-corrected chi connectivity index (χ1v) is 10.5. The largest absolute Gasteiger partial charge is 0.371 e. The van der Waals surface area contributed by atoms with Gasteiger partial charge in [-0.15, -0.1) is 11.3 Å². The Bertz CT molecular complexity index is 689. The summed E-state index contributed by atoms with van der Waals surface area (Å²) in [5.41, 5.74) is 0. The van der Waals surface area contributed by atoms with Gasteiger partial charge in [-0.3, -0.25) is 9.59 Å². The molecule has 0 spiro atoms. The van der Waals surface area contributed by atoms with Crippen LogP contribution in [0.4, 0.5) is 8.78 Å². The van der Waals surface area contributed by atoms with Crippen molar-refractivity contribution in [1.29, 1.82) is 0 Å². The Hall–Kier alpha value is -1.58. The number of ether oxygens (including phenoxy) is 2. The summed E-state index contributed by atoms with van der Waals surface area (Å²) in [7, 11) is 0. The molecule has 1 aliphatic carbocycles. The molecule has 0 aromatic carbocycles. The van der Waals surface area contributed by atoms with Crippen molar-refractivity contribution in [2.45, 2.75) is 49.9 Å². The zero-order valence-corrected chi connectivity index (χ0v) is 16.3. The van der Waals surface area contributed by atoms with Crippen molar-refractivity contribution in [3.8, 4) is 0 Å². The predicted molar refractivity (Wildman–Crippen MR) is 98.5 cm³/mol. The van der Waals surface area contributed by atoms with E-state index < -0.39 is 5.92 Å². The van der Waals surface area contributed by atoms with Gasteiger partial charge in [-0.05, 0) is 24.3 Å². The van der Waals surface area contributed by atoms with Gasteiger partial charge in [-0.1, -0.05) is 6.07 Å². The number of thiophene rings is 1. The Labute approximate surface area is 166 Å². The number of alkyl halides is 2. The number of amides is 2. The van der Waals surface area contributed by atoms with Gasteiger partial charge in [0.25, 0.3) is 5.91 Å². The summed E-state index contributed by atoms with van der Waals surface area (Å²) in [6, 6.07) is 3.34. The maximum Gasteiger partial charge on any atom is 0.261 e. The maximum atomic E-state index is 13.3. The molecule has 4 rings (SSSR count). The Morgan fingerprint density at radius 1 is 1.14 bits per heavy atom. The number of rotatable bonds is 3. The van der Waals surface area contributed by atoms with Gasteiger partial charge in [-0.2, -0.15) is 0 Å². The maximum absolute atomic E-state index is 13.3. The molecular weight excluding hydrogens is 390 g/mol. The highest BCUT2D eigenvalue weighted by Crippen LogP contribution is 2.37. The molecule has 9 heteroatoms. The fraction of sp³-hybridized carbons (Fsp3) is 0.684. The molecule has 28 heavy (non-hydrogen) atoms. The van der Waals surface area contributed by atoms with Crippen LogP contribution in [0, 0.1) is 5.92 Å². The average Bonchev–Trinajstić information content (AvgIpc) is 3.30. The number of carbonyl (C=O) groups is 2. The molecule has 2 amide bonds. The second-order valence-corrected chi connectivity index (χ2v) is 8.71. The zero-order valence-electron chi connectivity index (χ0n) is 15.4. The van der Waals surface area contributed by atoms with E-state index in [-0.39, 0.29) is 61.7 Å². The molecule has 3 aliphatic rings. The van der Waals surface area contributed by atoms with Crippen molar-refractivity contribution < 1.29 is 27.8 Å². The number of nitrogens with one attached hydrogen (secondary N) is 1. The molecule has 0 radical (unpaired) electrons. The number of carbonyl (C=O) groups excluding carboxylic acids is 2. The van der Waals surface area contributed by atoms with E-state index in [2.05, 4.69) is 5.32 Å². The number of halogens is 2. The fourth-order valence-electron chi connectivity index (χ4n) is 4.06. The zero-order chi connectivity index (χ0) is 19.7. The van der Waals surface area contributed by atoms with Gasteiger partial charge in [0.05, 0.1) is 24.1 Å². The van der Waals surface area contributed by atoms with Crippen LogP contribution in [0.3, 0.4) is 0 Å². The molecule has 1 aromatic heterocycles. The first-order chi connectivity index (χ1) is 13.4. The third-order valence-corrected chi connectivity index (χ3v) is 6.57. The summed E-state index contributed by atoms with van der Waals surface area (Å²) in [5, 5.41) is 4.76. The van der Waals surface area contributed by atoms with Crippen molar-refractivity contribution in [3.63, 3.8) is 0 Å². The minimum absolute atomic E-state index is 0.0710. The van der Waals surface area contributed by atoms with Crippen molar-refractivity contribution in [2.24, 2.45) is 5.92 Å². The van der Waals surface area contributed by atoms with E-state index in [0.29, 0.717) is 31.2 Å². The molecule has 3 heterocycles. The predicted octanol–water partition coefficient (Wildman–Crippen LogP) is 2.30. The summed E-state index contributed by atoms with van der Waals surface area (Å²) >= 11 is 1.37. The van der Waals surface area contributed by atoms with E-state index in [1.807, 2.05) is 11.4 Å². The van der Waals surface area contributed by atoms with Crippen molar-refractivity contribution >= 4 is 23.2 Å². The van der Waals surface area contributed by atoms with Crippen LogP contribution < -0.4 is 5.32 Å². The highest BCUT2D eigenvalue weighted by atomic mass is 32.1. The normalized spacial score (nSPS) is 28.6. The Balaban J connectivity index is 1.27. The van der Waals surface area contributed by atoms with Crippen LogP contribution >= 0.6 is 11.3 Å². The van der Waals surface area contributed by atoms with Crippen molar-refractivity contribution in [3.05, 3.63) is 22.4 Å². The summed E-state index contributed by atoms with van der Waals surface area (Å²) in [6.07, 6.45) is -0.479. The molecule has 3 fully saturated rings. The third kappa shape index (κ3) is 4.36. The van der Waals surface area contributed by atoms with E-state index in [9.17, 15) is 18.4 Å². The van der Waals surface area contributed by atoms with Gasteiger partial charge in [-0.25, -0.2) is 8.78 Å². The molecule has 2 atom stereocenters. The summed E-state index contributed by atoms with van der Waals surface area (Å²) in [4.78, 5) is 27.2. The molecular formula is C19H24F2N2O4S. The molecule has 0 unspecified atom stereocenters. The number of likely N-dealkylation sites (tertiary alicyclic amines) is 1. The van der Waals surface area contributed by atoms with Gasteiger partial charge in [0.2, 0.25) is 11.8 Å². The lowest BCUT2D eigenvalue weighted by Crippen LogP contribution is -2.42. The average molecular weight is 414 g/mol. The highest BCUT2D eigenvalue weighted by molar-refractivity contribution is 7.12. The minimum Gasteiger partial charge on any atom is -0.371 e. The van der Waals surface area contributed by atoms with E-state index >= 15 is 0 Å². The molecule has 1 aromatic rings. The Kier molecular flexibility index (Phi) is 5.66. The van der Waals surface area contributed by atoms with E-state index in [4.69, 9.17) is 9.47 Å². The number of fused-ring (bicyclic) bond motifs is 1. The lowest BCUT2D eigenvalue weighted by Gasteiger charge is -2.30. The van der Waals surface area contributed by atoms with Crippen molar-refractivity contribution in [1.82, 2.24) is 10.2 Å². The fourth-order valence-corrected chi connectivity index (χ4v) is 4.69. The van der Waals surface area contributed by atoms with Crippen LogP contribution in [0.15, 0.2) is 17.5 Å².